The maximum atomic E-state index is 13.4. The first kappa shape index (κ1) is 23.3. The Morgan fingerprint density at radius 3 is 2.06 bits per heavy atom. The highest BCUT2D eigenvalue weighted by molar-refractivity contribution is 6.35. The molecule has 2 aromatic carbocycles. The highest BCUT2D eigenvalue weighted by atomic mass is 16.5. The van der Waals surface area contributed by atoms with Crippen molar-refractivity contribution >= 4 is 23.4 Å². The van der Waals surface area contributed by atoms with E-state index in [2.05, 4.69) is 5.10 Å². The van der Waals surface area contributed by atoms with Gasteiger partial charge >= 0.3 is 11.8 Å². The zero-order valence-corrected chi connectivity index (χ0v) is 19.6. The quantitative estimate of drug-likeness (QED) is 0.585. The van der Waals surface area contributed by atoms with Gasteiger partial charge in [0.05, 0.1) is 26.0 Å². The SMILES string of the molecule is CCN1CCN(CC(=O)N2N=C(c3ccc(OC)cc3)C[C@@H]2c2ccc(OC)cc2)C(=O)C1=O. The van der Waals surface area contributed by atoms with Gasteiger partial charge in [0.2, 0.25) is 0 Å². The molecule has 0 aliphatic carbocycles. The van der Waals surface area contributed by atoms with Gasteiger partial charge in [0.15, 0.2) is 0 Å². The molecule has 9 heteroatoms. The van der Waals surface area contributed by atoms with Crippen molar-refractivity contribution < 1.29 is 23.9 Å². The van der Waals surface area contributed by atoms with Crippen molar-refractivity contribution in [2.24, 2.45) is 5.10 Å². The lowest BCUT2D eigenvalue weighted by molar-refractivity contribution is -0.157. The standard InChI is InChI=1S/C25H28N4O5/c1-4-27-13-14-28(25(32)24(27)31)16-23(30)29-22(18-7-11-20(34-3)12-8-18)15-21(26-29)17-5-9-19(33-2)10-6-17/h5-12,22H,4,13-16H2,1-3H3/t22-/m1/s1. The van der Waals surface area contributed by atoms with E-state index < -0.39 is 11.8 Å². The maximum absolute atomic E-state index is 13.4. The van der Waals surface area contributed by atoms with Gasteiger partial charge in [0.1, 0.15) is 18.0 Å². The summed E-state index contributed by atoms with van der Waals surface area (Å²) in [5.74, 6) is -0.112. The molecule has 0 saturated carbocycles. The molecule has 2 aromatic rings. The lowest BCUT2D eigenvalue weighted by Gasteiger charge is -2.33. The molecule has 2 aliphatic rings. The summed E-state index contributed by atoms with van der Waals surface area (Å²) in [5.41, 5.74) is 2.55. The molecule has 1 atom stereocenters. The topological polar surface area (TPSA) is 91.8 Å². The summed E-state index contributed by atoms with van der Waals surface area (Å²) in [6, 6.07) is 14.7. The average molecular weight is 465 g/mol. The molecule has 1 saturated heterocycles. The Bertz CT molecular complexity index is 1100. The van der Waals surface area contributed by atoms with E-state index in [-0.39, 0.29) is 18.5 Å². The summed E-state index contributed by atoms with van der Waals surface area (Å²) in [6.07, 6.45) is 0.515. The Labute approximate surface area is 198 Å². The van der Waals surface area contributed by atoms with E-state index in [1.807, 2.05) is 55.5 Å². The van der Waals surface area contributed by atoms with Gasteiger partial charge in [0.25, 0.3) is 5.91 Å². The second-order valence-electron chi connectivity index (χ2n) is 8.12. The number of amides is 3. The Balaban J connectivity index is 1.59. The van der Waals surface area contributed by atoms with Crippen molar-refractivity contribution in [1.82, 2.24) is 14.8 Å². The third-order valence-electron chi connectivity index (χ3n) is 6.19. The van der Waals surface area contributed by atoms with E-state index in [0.717, 1.165) is 22.6 Å². The molecule has 0 unspecified atom stereocenters. The fourth-order valence-electron chi connectivity index (χ4n) is 4.19. The van der Waals surface area contributed by atoms with Gasteiger partial charge < -0.3 is 19.3 Å². The molecule has 3 amide bonds. The zero-order valence-electron chi connectivity index (χ0n) is 19.6. The summed E-state index contributed by atoms with van der Waals surface area (Å²) < 4.78 is 10.5. The molecular weight excluding hydrogens is 436 g/mol. The zero-order chi connectivity index (χ0) is 24.2. The molecule has 0 aromatic heterocycles. The third-order valence-corrected chi connectivity index (χ3v) is 6.19. The van der Waals surface area contributed by atoms with Crippen molar-refractivity contribution in [3.8, 4) is 11.5 Å². The number of likely N-dealkylation sites (N-methyl/N-ethyl adjacent to an activating group) is 1. The number of hydrogen-bond donors (Lipinski definition) is 0. The number of benzene rings is 2. The number of carbonyl (C=O) groups excluding carboxylic acids is 3. The Morgan fingerprint density at radius 2 is 1.47 bits per heavy atom. The van der Waals surface area contributed by atoms with Crippen molar-refractivity contribution in [2.45, 2.75) is 19.4 Å². The monoisotopic (exact) mass is 464 g/mol. The van der Waals surface area contributed by atoms with Crippen LogP contribution in [0.1, 0.15) is 30.5 Å². The average Bonchev–Trinajstić information content (AvgIpc) is 3.33. The summed E-state index contributed by atoms with van der Waals surface area (Å²) in [4.78, 5) is 40.9. The van der Waals surface area contributed by atoms with Gasteiger partial charge in [-0.05, 0) is 54.4 Å². The Morgan fingerprint density at radius 1 is 0.912 bits per heavy atom. The van der Waals surface area contributed by atoms with Crippen molar-refractivity contribution in [3.05, 3.63) is 59.7 Å². The Hall–Kier alpha value is -3.88. The van der Waals surface area contributed by atoms with Gasteiger partial charge in [-0.1, -0.05) is 12.1 Å². The molecule has 0 spiro atoms. The van der Waals surface area contributed by atoms with E-state index in [0.29, 0.717) is 31.8 Å². The molecule has 9 nitrogen and oxygen atoms in total. The third kappa shape index (κ3) is 4.59. The summed E-state index contributed by atoms with van der Waals surface area (Å²) in [7, 11) is 3.20. The number of rotatable bonds is 7. The van der Waals surface area contributed by atoms with Crippen LogP contribution in [0.15, 0.2) is 53.6 Å². The fraction of sp³-hybridized carbons (Fsp3) is 0.360. The molecule has 0 N–H and O–H groups in total. The molecule has 2 heterocycles. The minimum absolute atomic E-state index is 0.200. The molecular formula is C25H28N4O5. The first-order chi connectivity index (χ1) is 16.4. The molecule has 2 aliphatic heterocycles. The predicted octanol–water partition coefficient (Wildman–Crippen LogP) is 2.07. The highest BCUT2D eigenvalue weighted by Crippen LogP contribution is 2.34. The number of methoxy groups -OCH3 is 2. The lowest BCUT2D eigenvalue weighted by Crippen LogP contribution is -2.56. The van der Waals surface area contributed by atoms with E-state index in [9.17, 15) is 14.4 Å². The van der Waals surface area contributed by atoms with Crippen LogP contribution in [0.3, 0.4) is 0 Å². The molecule has 0 bridgehead atoms. The van der Waals surface area contributed by atoms with Gasteiger partial charge in [0, 0.05) is 26.1 Å². The predicted molar refractivity (Wildman–Crippen MR) is 126 cm³/mol. The van der Waals surface area contributed by atoms with E-state index in [1.54, 1.807) is 14.2 Å². The van der Waals surface area contributed by atoms with Crippen LogP contribution in [0.25, 0.3) is 0 Å². The number of hydrogen-bond acceptors (Lipinski definition) is 6. The normalized spacial score (nSPS) is 18.3. The smallest absolute Gasteiger partial charge is 0.312 e. The van der Waals surface area contributed by atoms with Crippen molar-refractivity contribution in [3.63, 3.8) is 0 Å². The van der Waals surface area contributed by atoms with Crippen LogP contribution in [0.2, 0.25) is 0 Å². The first-order valence-corrected chi connectivity index (χ1v) is 11.2. The van der Waals surface area contributed by atoms with Crippen LogP contribution in [0.4, 0.5) is 0 Å². The first-order valence-electron chi connectivity index (χ1n) is 11.2. The molecule has 34 heavy (non-hydrogen) atoms. The van der Waals surface area contributed by atoms with Crippen LogP contribution >= 0.6 is 0 Å². The van der Waals surface area contributed by atoms with Crippen molar-refractivity contribution in [1.29, 1.82) is 0 Å². The number of carbonyl (C=O) groups is 3. The fourth-order valence-corrected chi connectivity index (χ4v) is 4.19. The molecule has 0 radical (unpaired) electrons. The van der Waals surface area contributed by atoms with Crippen LogP contribution in [-0.2, 0) is 14.4 Å². The minimum atomic E-state index is -0.652. The van der Waals surface area contributed by atoms with Crippen molar-refractivity contribution in [2.75, 3.05) is 40.4 Å². The van der Waals surface area contributed by atoms with Gasteiger partial charge in [-0.2, -0.15) is 5.10 Å². The number of nitrogens with zero attached hydrogens (tertiary/aromatic N) is 4. The van der Waals surface area contributed by atoms with Crippen LogP contribution in [0.5, 0.6) is 11.5 Å². The van der Waals surface area contributed by atoms with Crippen LogP contribution in [0, 0.1) is 0 Å². The van der Waals surface area contributed by atoms with Gasteiger partial charge in [-0.3, -0.25) is 14.4 Å². The van der Waals surface area contributed by atoms with E-state index >= 15 is 0 Å². The molecule has 4 rings (SSSR count). The summed E-state index contributed by atoms with van der Waals surface area (Å²) >= 11 is 0. The highest BCUT2D eigenvalue weighted by Gasteiger charge is 2.37. The Kier molecular flexibility index (Phi) is 6.81. The van der Waals surface area contributed by atoms with Gasteiger partial charge in [-0.15, -0.1) is 0 Å². The second-order valence-corrected chi connectivity index (χ2v) is 8.12. The molecule has 178 valence electrons. The maximum Gasteiger partial charge on any atom is 0.312 e. The lowest BCUT2D eigenvalue weighted by atomic mass is 9.98. The minimum Gasteiger partial charge on any atom is -0.497 e. The largest absolute Gasteiger partial charge is 0.497 e. The van der Waals surface area contributed by atoms with Gasteiger partial charge in [-0.25, -0.2) is 5.01 Å². The molecule has 1 fully saturated rings. The van der Waals surface area contributed by atoms with Crippen LogP contribution in [-0.4, -0.2) is 78.6 Å². The van der Waals surface area contributed by atoms with Crippen LogP contribution < -0.4 is 9.47 Å². The number of ether oxygens (including phenoxy) is 2. The van der Waals surface area contributed by atoms with E-state index in [4.69, 9.17) is 9.47 Å². The summed E-state index contributed by atoms with van der Waals surface area (Å²) in [6.45, 7) is 2.82. The second kappa shape index (κ2) is 9.94. The van der Waals surface area contributed by atoms with E-state index in [1.165, 1.54) is 14.8 Å². The number of hydrazone groups is 1. The summed E-state index contributed by atoms with van der Waals surface area (Å²) in [5, 5.41) is 6.09. The number of piperazine rings is 1.